The van der Waals surface area contributed by atoms with Gasteiger partial charge in [0.2, 0.25) is 5.95 Å². The van der Waals surface area contributed by atoms with Crippen LogP contribution in [0.25, 0.3) is 11.4 Å². The summed E-state index contributed by atoms with van der Waals surface area (Å²) in [6.07, 6.45) is 1.32. The Morgan fingerprint density at radius 3 is 2.88 bits per heavy atom. The van der Waals surface area contributed by atoms with Crippen LogP contribution < -0.4 is 5.73 Å². The van der Waals surface area contributed by atoms with Crippen LogP contribution in [0.15, 0.2) is 30.6 Å². The summed E-state index contributed by atoms with van der Waals surface area (Å²) in [5, 5.41) is 0. The van der Waals surface area contributed by atoms with E-state index in [9.17, 15) is 8.76 Å². The molecule has 88 valence electrons. The van der Waals surface area contributed by atoms with Crippen LogP contribution in [0.2, 0.25) is 0 Å². The second-order valence-corrected chi connectivity index (χ2v) is 4.21. The van der Waals surface area contributed by atoms with Gasteiger partial charge in [-0.15, -0.1) is 0 Å². The molecule has 1 aromatic carbocycles. The molecule has 0 saturated heterocycles. The molecule has 0 spiro atoms. The summed E-state index contributed by atoms with van der Waals surface area (Å²) in [4.78, 5) is 11.6. The number of aromatic nitrogens is 3. The molecule has 6 nitrogen and oxygen atoms in total. The van der Waals surface area contributed by atoms with Crippen molar-refractivity contribution in [1.29, 1.82) is 0 Å². The average molecular weight is 249 g/mol. The van der Waals surface area contributed by atoms with Crippen molar-refractivity contribution in [2.75, 3.05) is 5.73 Å². The average Bonchev–Trinajstić information content (AvgIpc) is 2.28. The Kier molecular flexibility index (Phi) is 3.40. The molecule has 0 saturated carbocycles. The summed E-state index contributed by atoms with van der Waals surface area (Å²) in [5.41, 5.74) is 6.84. The molecule has 1 unspecified atom stereocenters. The Hall–Kier alpha value is -1.86. The number of rotatable bonds is 3. The second-order valence-electron chi connectivity index (χ2n) is 3.32. The molecule has 0 aliphatic rings. The zero-order chi connectivity index (χ0) is 12.3. The largest absolute Gasteiger partial charge is 0.772 e. The molecule has 0 fully saturated rings. The fraction of sp³-hybridized carbons (Fsp3) is 0.100. The zero-order valence-electron chi connectivity index (χ0n) is 8.74. The minimum Gasteiger partial charge on any atom is -0.772 e. The quantitative estimate of drug-likeness (QED) is 0.794. The smallest absolute Gasteiger partial charge is 0.223 e. The van der Waals surface area contributed by atoms with Gasteiger partial charge in [-0.2, -0.15) is 4.98 Å². The Bertz CT molecular complexity index is 562. The molecule has 17 heavy (non-hydrogen) atoms. The van der Waals surface area contributed by atoms with Crippen LogP contribution in [0.4, 0.5) is 5.95 Å². The van der Waals surface area contributed by atoms with Crippen molar-refractivity contribution in [2.24, 2.45) is 0 Å². The predicted octanol–water partition coefficient (Wildman–Crippen LogP) is 0.500. The fourth-order valence-electron chi connectivity index (χ4n) is 1.38. The molecular weight excluding hydrogens is 240 g/mol. The van der Waals surface area contributed by atoms with Crippen molar-refractivity contribution in [2.45, 2.75) is 5.75 Å². The number of nitrogen functional groups attached to an aromatic ring is 1. The third kappa shape index (κ3) is 3.05. The highest BCUT2D eigenvalue weighted by atomic mass is 32.2. The van der Waals surface area contributed by atoms with Crippen LogP contribution in [0, 0.1) is 0 Å². The summed E-state index contributed by atoms with van der Waals surface area (Å²) in [6, 6.07) is 6.97. The van der Waals surface area contributed by atoms with Gasteiger partial charge in [-0.05, 0) is 11.6 Å². The van der Waals surface area contributed by atoms with Gasteiger partial charge in [0.05, 0.1) is 0 Å². The molecule has 0 amide bonds. The van der Waals surface area contributed by atoms with Crippen molar-refractivity contribution in [1.82, 2.24) is 15.0 Å². The van der Waals surface area contributed by atoms with E-state index in [1.807, 2.05) is 0 Å². The summed E-state index contributed by atoms with van der Waals surface area (Å²) in [6.45, 7) is 0. The van der Waals surface area contributed by atoms with Gasteiger partial charge in [-0.1, -0.05) is 29.3 Å². The zero-order valence-corrected chi connectivity index (χ0v) is 9.55. The van der Waals surface area contributed by atoms with Crippen molar-refractivity contribution in [3.63, 3.8) is 0 Å². The van der Waals surface area contributed by atoms with Crippen LogP contribution in [0.1, 0.15) is 5.56 Å². The summed E-state index contributed by atoms with van der Waals surface area (Å²) < 4.78 is 21.2. The van der Waals surface area contributed by atoms with E-state index in [-0.39, 0.29) is 11.7 Å². The highest BCUT2D eigenvalue weighted by molar-refractivity contribution is 7.78. The van der Waals surface area contributed by atoms with Crippen LogP contribution in [-0.4, -0.2) is 23.7 Å². The summed E-state index contributed by atoms with van der Waals surface area (Å²) in [7, 11) is 0. The van der Waals surface area contributed by atoms with E-state index < -0.39 is 11.1 Å². The lowest BCUT2D eigenvalue weighted by atomic mass is 10.1. The molecule has 7 heteroatoms. The van der Waals surface area contributed by atoms with Gasteiger partial charge in [0, 0.05) is 11.3 Å². The molecule has 0 radical (unpaired) electrons. The van der Waals surface area contributed by atoms with Gasteiger partial charge in [-0.25, -0.2) is 9.97 Å². The lowest BCUT2D eigenvalue weighted by Crippen LogP contribution is -1.99. The first kappa shape index (κ1) is 11.6. The Morgan fingerprint density at radius 1 is 1.35 bits per heavy atom. The highest BCUT2D eigenvalue weighted by Gasteiger charge is 2.03. The fourth-order valence-corrected chi connectivity index (χ4v) is 1.84. The maximum absolute atomic E-state index is 10.6. The SMILES string of the molecule is Nc1ncnc(-c2cccc(CS(=O)[O-])c2)n1. The van der Waals surface area contributed by atoms with Crippen molar-refractivity contribution >= 4 is 17.0 Å². The second kappa shape index (κ2) is 4.98. The first-order valence-electron chi connectivity index (χ1n) is 4.75. The number of hydrogen-bond acceptors (Lipinski definition) is 6. The van der Waals surface area contributed by atoms with Crippen LogP contribution in [0.3, 0.4) is 0 Å². The summed E-state index contributed by atoms with van der Waals surface area (Å²) in [5.74, 6) is 0.526. The topological polar surface area (TPSA) is 105 Å². The minimum absolute atomic E-state index is 0.0333. The molecule has 1 aromatic heterocycles. The van der Waals surface area contributed by atoms with E-state index in [0.717, 1.165) is 0 Å². The highest BCUT2D eigenvalue weighted by Crippen LogP contribution is 2.16. The van der Waals surface area contributed by atoms with Crippen molar-refractivity contribution in [3.05, 3.63) is 36.2 Å². The first-order valence-corrected chi connectivity index (χ1v) is 5.99. The first-order chi connectivity index (χ1) is 8.15. The molecule has 0 aliphatic carbocycles. The molecular formula is C10H9N4O2S-. The van der Waals surface area contributed by atoms with E-state index >= 15 is 0 Å². The number of anilines is 1. The van der Waals surface area contributed by atoms with Crippen molar-refractivity contribution in [3.8, 4) is 11.4 Å². The predicted molar refractivity (Wildman–Crippen MR) is 62.3 cm³/mol. The van der Waals surface area contributed by atoms with Crippen LogP contribution in [0.5, 0.6) is 0 Å². The molecule has 0 aliphatic heterocycles. The number of hydrogen-bond donors (Lipinski definition) is 1. The van der Waals surface area contributed by atoms with E-state index in [1.165, 1.54) is 6.33 Å². The maximum Gasteiger partial charge on any atom is 0.223 e. The minimum atomic E-state index is -2.11. The van der Waals surface area contributed by atoms with Gasteiger partial charge >= 0.3 is 0 Å². The molecule has 0 bridgehead atoms. The Balaban J connectivity index is 2.36. The third-order valence-corrected chi connectivity index (χ3v) is 2.63. The third-order valence-electron chi connectivity index (χ3n) is 2.06. The van der Waals surface area contributed by atoms with Gasteiger partial charge in [-0.3, -0.25) is 4.21 Å². The number of nitrogens with zero attached hydrogens (tertiary/aromatic N) is 3. The lowest BCUT2D eigenvalue weighted by Gasteiger charge is -2.06. The molecule has 1 heterocycles. The Morgan fingerprint density at radius 2 is 2.18 bits per heavy atom. The monoisotopic (exact) mass is 249 g/mol. The normalized spacial score (nSPS) is 12.3. The maximum atomic E-state index is 10.6. The van der Waals surface area contributed by atoms with E-state index in [4.69, 9.17) is 5.73 Å². The van der Waals surface area contributed by atoms with E-state index in [2.05, 4.69) is 15.0 Å². The van der Waals surface area contributed by atoms with Crippen molar-refractivity contribution < 1.29 is 8.76 Å². The lowest BCUT2D eigenvalue weighted by molar-refractivity contribution is 0.536. The van der Waals surface area contributed by atoms with Crippen LogP contribution in [-0.2, 0) is 16.8 Å². The van der Waals surface area contributed by atoms with Crippen LogP contribution >= 0.6 is 0 Å². The van der Waals surface area contributed by atoms with E-state index in [1.54, 1.807) is 24.3 Å². The number of nitrogens with two attached hydrogens (primary N) is 1. The summed E-state index contributed by atoms with van der Waals surface area (Å²) >= 11 is -2.11. The van der Waals surface area contributed by atoms with Gasteiger partial charge < -0.3 is 10.3 Å². The molecule has 2 N–H and O–H groups in total. The van der Waals surface area contributed by atoms with E-state index in [0.29, 0.717) is 17.0 Å². The van der Waals surface area contributed by atoms with Gasteiger partial charge in [0.15, 0.2) is 5.82 Å². The molecule has 2 aromatic rings. The standard InChI is InChI=1S/C10H10N4O2S/c11-10-13-6-12-9(14-10)8-3-1-2-7(4-8)5-17(15)16/h1-4,6H,5H2,(H,15,16)(H2,11,12,13,14)/p-1. The molecule has 2 rings (SSSR count). The number of benzene rings is 1. The van der Waals surface area contributed by atoms with Gasteiger partial charge in [0.1, 0.15) is 6.33 Å². The Labute approximate surface area is 100 Å². The molecule has 1 atom stereocenters. The van der Waals surface area contributed by atoms with Gasteiger partial charge in [0.25, 0.3) is 0 Å².